The van der Waals surface area contributed by atoms with Crippen LogP contribution < -0.4 is 0 Å². The normalized spacial score (nSPS) is 12.8. The van der Waals surface area contributed by atoms with E-state index in [0.29, 0.717) is 22.5 Å². The summed E-state index contributed by atoms with van der Waals surface area (Å²) in [7, 11) is -6.58. The second kappa shape index (κ2) is 16.8. The number of rotatable bonds is 20. The van der Waals surface area contributed by atoms with Gasteiger partial charge in [-0.3, -0.25) is 24.0 Å². The predicted molar refractivity (Wildman–Crippen MR) is 151 cm³/mol. The Balaban J connectivity index is 2.24. The summed E-state index contributed by atoms with van der Waals surface area (Å²) in [5.74, 6) is 0. The number of nitrogens with zero attached hydrogens (tertiary/aromatic N) is 3. The first-order chi connectivity index (χ1) is 19.1. The van der Waals surface area contributed by atoms with E-state index >= 15 is 0 Å². The lowest BCUT2D eigenvalue weighted by atomic mass is 9.99. The average molecular weight is 604 g/mol. The van der Waals surface area contributed by atoms with Gasteiger partial charge in [-0.1, -0.05) is 12.1 Å². The van der Waals surface area contributed by atoms with E-state index in [1.54, 1.807) is 69.3 Å². The van der Waals surface area contributed by atoms with Gasteiger partial charge in [0.25, 0.3) is 0 Å². The highest BCUT2D eigenvalue weighted by atomic mass is 31.2. The summed E-state index contributed by atoms with van der Waals surface area (Å²) < 4.78 is 47.2. The highest BCUT2D eigenvalue weighted by molar-refractivity contribution is 7.53. The molecular weight excluding hydrogens is 560 g/mol. The molecule has 0 aliphatic heterocycles. The number of hydrogen-bond donors (Lipinski definition) is 3. The summed E-state index contributed by atoms with van der Waals surface area (Å²) in [4.78, 5) is 10.6. The van der Waals surface area contributed by atoms with Crippen LogP contribution in [0.3, 0.4) is 0 Å². The van der Waals surface area contributed by atoms with Crippen LogP contribution in [0.1, 0.15) is 50.2 Å². The number of hydrogen-bond acceptors (Lipinski definition) is 12. The Kier molecular flexibility index (Phi) is 14.5. The van der Waals surface area contributed by atoms with Gasteiger partial charge in [0.15, 0.2) is 0 Å². The van der Waals surface area contributed by atoms with Crippen molar-refractivity contribution in [3.63, 3.8) is 0 Å². The topological polar surface area (TPSA) is 161 Å². The van der Waals surface area contributed by atoms with E-state index in [2.05, 4.69) is 9.97 Å². The molecule has 2 rings (SSSR count). The van der Waals surface area contributed by atoms with Gasteiger partial charge < -0.3 is 33.4 Å². The van der Waals surface area contributed by atoms with Crippen molar-refractivity contribution in [3.8, 4) is 0 Å². The zero-order valence-electron chi connectivity index (χ0n) is 23.8. The van der Waals surface area contributed by atoms with Gasteiger partial charge in [0.2, 0.25) is 0 Å². The number of pyridine rings is 2. The van der Waals surface area contributed by atoms with Crippen molar-refractivity contribution in [3.05, 3.63) is 59.2 Å². The van der Waals surface area contributed by atoms with Gasteiger partial charge in [0, 0.05) is 25.5 Å². The largest absolute Gasteiger partial charge is 0.394 e. The van der Waals surface area contributed by atoms with E-state index in [1.807, 2.05) is 0 Å². The molecule has 0 bridgehead atoms. The van der Waals surface area contributed by atoms with Crippen molar-refractivity contribution in [1.82, 2.24) is 14.9 Å². The van der Waals surface area contributed by atoms with Gasteiger partial charge in [-0.15, -0.1) is 0 Å². The summed E-state index contributed by atoms with van der Waals surface area (Å²) in [6, 6.07) is 7.03. The first-order valence-electron chi connectivity index (χ1n) is 13.4. The Morgan fingerprint density at radius 2 is 1.02 bits per heavy atom. The molecule has 14 heteroatoms. The molecule has 3 N–H and O–H groups in total. The van der Waals surface area contributed by atoms with Crippen LogP contribution in [0.15, 0.2) is 36.7 Å². The summed E-state index contributed by atoms with van der Waals surface area (Å²) in [6.45, 7) is 6.86. The highest BCUT2D eigenvalue weighted by Gasteiger charge is 2.36. The van der Waals surface area contributed by atoms with Gasteiger partial charge in [-0.05, 0) is 51.0 Å². The average Bonchev–Trinajstić information content (AvgIpc) is 2.92. The summed E-state index contributed by atoms with van der Waals surface area (Å²) in [5, 5.41) is 30.4. The van der Waals surface area contributed by atoms with E-state index in [1.165, 1.54) is 0 Å². The monoisotopic (exact) mass is 603 g/mol. The molecule has 2 aromatic rings. The van der Waals surface area contributed by atoms with Crippen LogP contribution in [0.5, 0.6) is 0 Å². The van der Waals surface area contributed by atoms with E-state index < -0.39 is 40.6 Å². The minimum atomic E-state index is -3.29. The molecular formula is C26H43N3O9P2. The van der Waals surface area contributed by atoms with Gasteiger partial charge in [-0.2, -0.15) is 0 Å². The van der Waals surface area contributed by atoms with Crippen molar-refractivity contribution in [2.75, 3.05) is 46.2 Å². The molecule has 0 spiro atoms. The number of aromatic nitrogens is 2. The van der Waals surface area contributed by atoms with E-state index in [9.17, 15) is 24.4 Å². The molecule has 0 aliphatic rings. The van der Waals surface area contributed by atoms with Gasteiger partial charge in [0.1, 0.15) is 0 Å². The van der Waals surface area contributed by atoms with Crippen LogP contribution in [-0.2, 0) is 52.6 Å². The second-order valence-electron chi connectivity index (χ2n) is 9.08. The first kappa shape index (κ1) is 34.6. The van der Waals surface area contributed by atoms with Crippen LogP contribution in [0.2, 0.25) is 0 Å². The van der Waals surface area contributed by atoms with Crippen molar-refractivity contribution in [1.29, 1.82) is 0 Å². The predicted octanol–water partition coefficient (Wildman–Crippen LogP) is 3.73. The van der Waals surface area contributed by atoms with Crippen LogP contribution >= 0.6 is 15.2 Å². The maximum Gasteiger partial charge on any atom is 0.335 e. The van der Waals surface area contributed by atoms with Crippen molar-refractivity contribution in [2.45, 2.75) is 58.6 Å². The van der Waals surface area contributed by atoms with E-state index in [0.717, 1.165) is 0 Å². The zero-order chi connectivity index (χ0) is 29.7. The molecule has 0 radical (unpaired) electrons. The maximum absolute atomic E-state index is 12.9. The lowest BCUT2D eigenvalue weighted by Crippen LogP contribution is -2.56. The standard InChI is InChI=1S/C26H43N3O9P2/c1-5-35-39(33,36-6-2)17-22-9-11-24(27-13-22)15-29(26(19-30,20-31)21-32)16-25-12-10-23(14-28-25)18-40(34,37-7-3)38-8-4/h9-14,30-32H,5-8,15-21H2,1-4H3. The summed E-state index contributed by atoms with van der Waals surface area (Å²) in [6.07, 6.45) is 3.32. The SMILES string of the molecule is CCOP(=O)(Cc1ccc(CN(Cc2ccc(CP(=O)(OCC)OCC)cn2)C(CO)(CO)CO)nc1)OCC. The van der Waals surface area contributed by atoms with E-state index in [-0.39, 0.29) is 51.8 Å². The molecule has 40 heavy (non-hydrogen) atoms. The van der Waals surface area contributed by atoms with Crippen LogP contribution in [0, 0.1) is 0 Å². The molecule has 0 fully saturated rings. The molecule has 226 valence electrons. The van der Waals surface area contributed by atoms with Crippen molar-refractivity contribution >= 4 is 15.2 Å². The third-order valence-corrected chi connectivity index (χ3v) is 10.2. The van der Waals surface area contributed by atoms with Crippen LogP contribution in [0.25, 0.3) is 0 Å². The Morgan fingerprint density at radius 3 is 1.27 bits per heavy atom. The van der Waals surface area contributed by atoms with Crippen molar-refractivity contribution in [2.24, 2.45) is 0 Å². The molecule has 0 unspecified atom stereocenters. The molecule has 0 saturated heterocycles. The fourth-order valence-electron chi connectivity index (χ4n) is 4.01. The summed E-state index contributed by atoms with van der Waals surface area (Å²) >= 11 is 0. The fourth-order valence-corrected chi connectivity index (χ4v) is 7.36. The molecule has 0 saturated carbocycles. The third kappa shape index (κ3) is 10.1. The molecule has 0 aliphatic carbocycles. The molecule has 2 heterocycles. The molecule has 0 aromatic carbocycles. The van der Waals surface area contributed by atoms with E-state index in [4.69, 9.17) is 18.1 Å². The lowest BCUT2D eigenvalue weighted by Gasteiger charge is -2.40. The number of aliphatic hydroxyl groups is 3. The quantitative estimate of drug-likeness (QED) is 0.189. The van der Waals surface area contributed by atoms with Crippen molar-refractivity contribution < 1.29 is 42.5 Å². The van der Waals surface area contributed by atoms with Gasteiger partial charge >= 0.3 is 15.2 Å². The Labute approximate surface area is 236 Å². The van der Waals surface area contributed by atoms with Gasteiger partial charge in [0.05, 0.1) is 75.5 Å². The summed E-state index contributed by atoms with van der Waals surface area (Å²) in [5.41, 5.74) is 1.19. The Bertz CT molecular complexity index is 994. The Hall–Kier alpha value is -1.56. The second-order valence-corrected chi connectivity index (χ2v) is 13.2. The Morgan fingerprint density at radius 1 is 0.675 bits per heavy atom. The first-order valence-corrected chi connectivity index (χ1v) is 16.8. The number of aliphatic hydroxyl groups excluding tert-OH is 3. The molecule has 0 amide bonds. The smallest absolute Gasteiger partial charge is 0.335 e. The lowest BCUT2D eigenvalue weighted by molar-refractivity contribution is -0.0579. The zero-order valence-corrected chi connectivity index (χ0v) is 25.6. The molecule has 0 atom stereocenters. The maximum atomic E-state index is 12.9. The molecule has 12 nitrogen and oxygen atoms in total. The van der Waals surface area contributed by atoms with Gasteiger partial charge in [-0.25, -0.2) is 0 Å². The highest BCUT2D eigenvalue weighted by Crippen LogP contribution is 2.52. The van der Waals surface area contributed by atoms with Crippen LogP contribution in [-0.4, -0.2) is 82.0 Å². The molecule has 2 aromatic heterocycles. The fraction of sp³-hybridized carbons (Fsp3) is 0.615. The minimum Gasteiger partial charge on any atom is -0.394 e. The minimum absolute atomic E-state index is 0.0787. The van der Waals surface area contributed by atoms with Crippen LogP contribution in [0.4, 0.5) is 0 Å². The third-order valence-electron chi connectivity index (χ3n) is 6.09.